The van der Waals surface area contributed by atoms with E-state index in [9.17, 15) is 0 Å². The molecule has 0 heterocycles. The molecule has 1 heteroatoms. The third kappa shape index (κ3) is 4.93. The second kappa shape index (κ2) is 8.00. The van der Waals surface area contributed by atoms with Crippen LogP contribution in [0.4, 0.5) is 0 Å². The molecular formula is C19H28O. The van der Waals surface area contributed by atoms with Gasteiger partial charge in [-0.15, -0.1) is 11.8 Å². The van der Waals surface area contributed by atoms with Crippen LogP contribution in [0.3, 0.4) is 0 Å². The Morgan fingerprint density at radius 1 is 1.10 bits per heavy atom. The molecule has 1 unspecified atom stereocenters. The Hall–Kier alpha value is -1.42. The van der Waals surface area contributed by atoms with Crippen molar-refractivity contribution in [2.75, 3.05) is 6.61 Å². The summed E-state index contributed by atoms with van der Waals surface area (Å²) in [5, 5.41) is 0. The number of hydrogen-bond donors (Lipinski definition) is 0. The van der Waals surface area contributed by atoms with E-state index < -0.39 is 0 Å². The van der Waals surface area contributed by atoms with Crippen molar-refractivity contribution in [2.45, 2.75) is 59.8 Å². The topological polar surface area (TPSA) is 9.23 Å². The molecule has 0 radical (unpaired) electrons. The SMILES string of the molecule is CC#CCC(C)c1ccc(OCC(C)C)c(C(C)C)c1. The van der Waals surface area contributed by atoms with Crippen molar-refractivity contribution >= 4 is 0 Å². The number of rotatable bonds is 6. The lowest BCUT2D eigenvalue weighted by Crippen LogP contribution is -2.07. The first kappa shape index (κ1) is 16.6. The average molecular weight is 272 g/mol. The smallest absolute Gasteiger partial charge is 0.122 e. The van der Waals surface area contributed by atoms with Crippen LogP contribution in [0.5, 0.6) is 5.75 Å². The lowest BCUT2D eigenvalue weighted by atomic mass is 9.92. The van der Waals surface area contributed by atoms with Gasteiger partial charge in [-0.1, -0.05) is 46.8 Å². The van der Waals surface area contributed by atoms with E-state index in [1.54, 1.807) is 0 Å². The zero-order valence-electron chi connectivity index (χ0n) is 13.8. The van der Waals surface area contributed by atoms with E-state index in [0.29, 0.717) is 17.8 Å². The molecule has 0 fully saturated rings. The molecule has 1 atom stereocenters. The van der Waals surface area contributed by atoms with Crippen LogP contribution in [0.15, 0.2) is 18.2 Å². The quantitative estimate of drug-likeness (QED) is 0.633. The standard InChI is InChI=1S/C19H28O/c1-7-8-9-16(6)17-10-11-19(20-13-14(2)3)18(12-17)15(4)5/h10-12,14-16H,9,13H2,1-6H3. The van der Waals surface area contributed by atoms with Gasteiger partial charge in [-0.05, 0) is 41.9 Å². The van der Waals surface area contributed by atoms with E-state index in [1.165, 1.54) is 11.1 Å². The summed E-state index contributed by atoms with van der Waals surface area (Å²) in [5.74, 6) is 8.67. The van der Waals surface area contributed by atoms with Crippen molar-refractivity contribution in [3.8, 4) is 17.6 Å². The van der Waals surface area contributed by atoms with Crippen LogP contribution in [0.2, 0.25) is 0 Å². The van der Waals surface area contributed by atoms with Crippen molar-refractivity contribution in [1.29, 1.82) is 0 Å². The maximum atomic E-state index is 5.95. The summed E-state index contributed by atoms with van der Waals surface area (Å²) in [6, 6.07) is 6.61. The van der Waals surface area contributed by atoms with Crippen molar-refractivity contribution < 1.29 is 4.74 Å². The molecule has 20 heavy (non-hydrogen) atoms. The highest BCUT2D eigenvalue weighted by atomic mass is 16.5. The molecule has 110 valence electrons. The highest BCUT2D eigenvalue weighted by Gasteiger charge is 2.12. The zero-order valence-corrected chi connectivity index (χ0v) is 13.8. The molecule has 0 N–H and O–H groups in total. The molecule has 0 spiro atoms. The molecule has 0 saturated heterocycles. The Morgan fingerprint density at radius 2 is 1.80 bits per heavy atom. The van der Waals surface area contributed by atoms with Gasteiger partial charge in [-0.3, -0.25) is 0 Å². The first-order valence-corrected chi connectivity index (χ1v) is 7.61. The Balaban J connectivity index is 2.96. The molecule has 0 aliphatic carbocycles. The molecule has 0 bridgehead atoms. The predicted octanol–water partition coefficient (Wildman–Crippen LogP) is 5.36. The van der Waals surface area contributed by atoms with Crippen LogP contribution >= 0.6 is 0 Å². The first-order chi connectivity index (χ1) is 9.45. The zero-order chi connectivity index (χ0) is 15.1. The fraction of sp³-hybridized carbons (Fsp3) is 0.579. The van der Waals surface area contributed by atoms with E-state index in [0.717, 1.165) is 18.8 Å². The summed E-state index contributed by atoms with van der Waals surface area (Å²) in [6.45, 7) is 13.7. The largest absolute Gasteiger partial charge is 0.493 e. The lowest BCUT2D eigenvalue weighted by molar-refractivity contribution is 0.267. The Bertz CT molecular complexity index is 474. The Kier molecular flexibility index (Phi) is 6.65. The van der Waals surface area contributed by atoms with Crippen LogP contribution < -0.4 is 4.74 Å². The minimum absolute atomic E-state index is 0.471. The van der Waals surface area contributed by atoms with Crippen molar-refractivity contribution in [2.24, 2.45) is 5.92 Å². The highest BCUT2D eigenvalue weighted by molar-refractivity contribution is 5.40. The lowest BCUT2D eigenvalue weighted by Gasteiger charge is -2.18. The van der Waals surface area contributed by atoms with Gasteiger partial charge in [0.25, 0.3) is 0 Å². The van der Waals surface area contributed by atoms with E-state index in [-0.39, 0.29) is 0 Å². The minimum atomic E-state index is 0.471. The van der Waals surface area contributed by atoms with Gasteiger partial charge in [-0.2, -0.15) is 0 Å². The number of benzene rings is 1. The van der Waals surface area contributed by atoms with E-state index in [1.807, 2.05) is 6.92 Å². The molecule has 1 rings (SSSR count). The Morgan fingerprint density at radius 3 is 2.35 bits per heavy atom. The highest BCUT2D eigenvalue weighted by Crippen LogP contribution is 2.31. The minimum Gasteiger partial charge on any atom is -0.493 e. The van der Waals surface area contributed by atoms with Gasteiger partial charge in [0.05, 0.1) is 6.61 Å². The third-order valence-corrected chi connectivity index (χ3v) is 3.38. The summed E-state index contributed by atoms with van der Waals surface area (Å²) in [7, 11) is 0. The van der Waals surface area contributed by atoms with E-state index in [4.69, 9.17) is 4.74 Å². The second-order valence-electron chi connectivity index (χ2n) is 6.19. The molecule has 0 aliphatic rings. The summed E-state index contributed by atoms with van der Waals surface area (Å²) >= 11 is 0. The number of ether oxygens (including phenoxy) is 1. The van der Waals surface area contributed by atoms with Crippen molar-refractivity contribution in [3.63, 3.8) is 0 Å². The van der Waals surface area contributed by atoms with Crippen LogP contribution in [0.25, 0.3) is 0 Å². The molecule has 0 aliphatic heterocycles. The maximum absolute atomic E-state index is 5.95. The Labute approximate surface area is 124 Å². The molecule has 0 aromatic heterocycles. The fourth-order valence-corrected chi connectivity index (χ4v) is 2.09. The summed E-state index contributed by atoms with van der Waals surface area (Å²) in [6.07, 6.45) is 0.917. The van der Waals surface area contributed by atoms with Gasteiger partial charge in [0, 0.05) is 6.42 Å². The molecule has 0 amide bonds. The van der Waals surface area contributed by atoms with Gasteiger partial charge in [0.2, 0.25) is 0 Å². The van der Waals surface area contributed by atoms with Crippen LogP contribution in [-0.4, -0.2) is 6.61 Å². The molecule has 0 saturated carbocycles. The fourth-order valence-electron chi connectivity index (χ4n) is 2.09. The van der Waals surface area contributed by atoms with Crippen molar-refractivity contribution in [1.82, 2.24) is 0 Å². The van der Waals surface area contributed by atoms with Gasteiger partial charge in [-0.25, -0.2) is 0 Å². The monoisotopic (exact) mass is 272 g/mol. The van der Waals surface area contributed by atoms with E-state index >= 15 is 0 Å². The summed E-state index contributed by atoms with van der Waals surface area (Å²) < 4.78 is 5.95. The van der Waals surface area contributed by atoms with Gasteiger partial charge >= 0.3 is 0 Å². The molecule has 1 aromatic carbocycles. The van der Waals surface area contributed by atoms with Gasteiger partial charge in [0.1, 0.15) is 5.75 Å². The van der Waals surface area contributed by atoms with Crippen LogP contribution in [-0.2, 0) is 0 Å². The van der Waals surface area contributed by atoms with Crippen LogP contribution in [0.1, 0.15) is 70.9 Å². The normalized spacial score (nSPS) is 12.2. The molecule has 1 nitrogen and oxygen atoms in total. The summed E-state index contributed by atoms with van der Waals surface area (Å²) in [4.78, 5) is 0. The first-order valence-electron chi connectivity index (χ1n) is 7.61. The molecule has 1 aromatic rings. The summed E-state index contributed by atoms with van der Waals surface area (Å²) in [5.41, 5.74) is 2.66. The molecular weight excluding hydrogens is 244 g/mol. The maximum Gasteiger partial charge on any atom is 0.122 e. The van der Waals surface area contributed by atoms with Gasteiger partial charge < -0.3 is 4.74 Å². The second-order valence-corrected chi connectivity index (χ2v) is 6.19. The van der Waals surface area contributed by atoms with E-state index in [2.05, 4.69) is 64.7 Å². The van der Waals surface area contributed by atoms with Crippen molar-refractivity contribution in [3.05, 3.63) is 29.3 Å². The van der Waals surface area contributed by atoms with Gasteiger partial charge in [0.15, 0.2) is 0 Å². The van der Waals surface area contributed by atoms with Crippen LogP contribution in [0, 0.1) is 17.8 Å². The third-order valence-electron chi connectivity index (χ3n) is 3.38. The average Bonchev–Trinajstić information content (AvgIpc) is 2.42. The number of hydrogen-bond acceptors (Lipinski definition) is 1. The predicted molar refractivity (Wildman–Crippen MR) is 87.3 cm³/mol.